The summed E-state index contributed by atoms with van der Waals surface area (Å²) in [5, 5.41) is 7.93. The third-order valence-corrected chi connectivity index (χ3v) is 3.67. The molecule has 26 heavy (non-hydrogen) atoms. The Labute approximate surface area is 150 Å². The Bertz CT molecular complexity index is 923. The van der Waals surface area contributed by atoms with Crippen LogP contribution in [0.1, 0.15) is 19.0 Å². The minimum atomic E-state index is -0.769. The molecule has 0 aliphatic carbocycles. The highest BCUT2D eigenvalue weighted by molar-refractivity contribution is 5.99. The number of nitrogens with zero attached hydrogens (tertiary/aromatic N) is 3. The van der Waals surface area contributed by atoms with Crippen molar-refractivity contribution in [2.45, 2.75) is 19.8 Å². The fourth-order valence-corrected chi connectivity index (χ4v) is 2.56. The first-order valence-electron chi connectivity index (χ1n) is 7.97. The number of halogens is 2. The topological polar surface area (TPSA) is 94.2 Å². The van der Waals surface area contributed by atoms with Gasteiger partial charge in [-0.15, -0.1) is 0 Å². The standard InChI is InChI=1S/C18H22F2N6/c1-5-13(19)18(22)24-16(7-10(3)21)23-11-8-12-15(6-2)25-26(4)17(12)14(20)9-11/h5,8-9H,1,3,6-7,21-22H2,2,4H3,(H,23,24)/b18-13+. The molecule has 0 amide bonds. The Hall–Kier alpha value is -3.16. The van der Waals surface area contributed by atoms with Crippen molar-refractivity contribution in [3.63, 3.8) is 0 Å². The number of aryl methyl sites for hydroxylation is 2. The van der Waals surface area contributed by atoms with Gasteiger partial charge in [0.1, 0.15) is 11.4 Å². The van der Waals surface area contributed by atoms with Crippen LogP contribution in [0.25, 0.3) is 10.9 Å². The Kier molecular flexibility index (Phi) is 5.76. The molecule has 1 aromatic heterocycles. The average molecular weight is 360 g/mol. The molecule has 2 rings (SSSR count). The number of aromatic nitrogens is 2. The van der Waals surface area contributed by atoms with E-state index >= 15 is 0 Å². The fraction of sp³-hybridized carbons (Fsp3) is 0.222. The van der Waals surface area contributed by atoms with Gasteiger partial charge in [-0.2, -0.15) is 5.10 Å². The summed E-state index contributed by atoms with van der Waals surface area (Å²) in [4.78, 5) is 3.97. The van der Waals surface area contributed by atoms with Crippen LogP contribution in [0.3, 0.4) is 0 Å². The van der Waals surface area contributed by atoms with Crippen molar-refractivity contribution < 1.29 is 8.78 Å². The van der Waals surface area contributed by atoms with Crippen molar-refractivity contribution in [2.24, 2.45) is 23.5 Å². The molecule has 0 spiro atoms. The smallest absolute Gasteiger partial charge is 0.164 e. The Morgan fingerprint density at radius 1 is 1.42 bits per heavy atom. The summed E-state index contributed by atoms with van der Waals surface area (Å²) < 4.78 is 29.5. The monoisotopic (exact) mass is 360 g/mol. The van der Waals surface area contributed by atoms with Crippen molar-refractivity contribution in [1.29, 1.82) is 0 Å². The van der Waals surface area contributed by atoms with Gasteiger partial charge in [0.25, 0.3) is 0 Å². The van der Waals surface area contributed by atoms with Crippen LogP contribution in [-0.4, -0.2) is 15.6 Å². The van der Waals surface area contributed by atoms with Gasteiger partial charge in [0.15, 0.2) is 17.5 Å². The number of nitrogens with one attached hydrogen (secondary N) is 1. The molecule has 138 valence electrons. The van der Waals surface area contributed by atoms with E-state index in [1.807, 2.05) is 6.92 Å². The predicted octanol–water partition coefficient (Wildman–Crippen LogP) is 3.23. The van der Waals surface area contributed by atoms with Crippen molar-refractivity contribution in [2.75, 3.05) is 5.32 Å². The van der Waals surface area contributed by atoms with E-state index in [-0.39, 0.29) is 18.1 Å². The number of allylic oxidation sites excluding steroid dienone is 2. The second kappa shape index (κ2) is 7.81. The van der Waals surface area contributed by atoms with Crippen LogP contribution in [0.5, 0.6) is 0 Å². The summed E-state index contributed by atoms with van der Waals surface area (Å²) in [6.45, 7) is 8.84. The molecule has 0 aliphatic rings. The first-order chi connectivity index (χ1) is 12.3. The predicted molar refractivity (Wildman–Crippen MR) is 102 cm³/mol. The molecule has 5 N–H and O–H groups in total. The van der Waals surface area contributed by atoms with Gasteiger partial charge in [0, 0.05) is 30.2 Å². The van der Waals surface area contributed by atoms with Crippen molar-refractivity contribution >= 4 is 22.4 Å². The number of hydrogen-bond acceptors (Lipinski definition) is 4. The normalized spacial score (nSPS) is 12.8. The maximum Gasteiger partial charge on any atom is 0.164 e. The minimum Gasteiger partial charge on any atom is -0.402 e. The summed E-state index contributed by atoms with van der Waals surface area (Å²) in [5.41, 5.74) is 13.1. The largest absolute Gasteiger partial charge is 0.402 e. The SMILES string of the molecule is C=C/C(F)=C(N)\N=C(/CC(=C)N)Nc1cc(F)c2c(c1)c(CC)nn2C. The number of anilines is 1. The Morgan fingerprint density at radius 2 is 2.12 bits per heavy atom. The molecule has 6 nitrogen and oxygen atoms in total. The fourth-order valence-electron chi connectivity index (χ4n) is 2.56. The highest BCUT2D eigenvalue weighted by Crippen LogP contribution is 2.26. The van der Waals surface area contributed by atoms with Crippen LogP contribution >= 0.6 is 0 Å². The van der Waals surface area contributed by atoms with Gasteiger partial charge in [-0.25, -0.2) is 13.8 Å². The number of rotatable bonds is 6. The summed E-state index contributed by atoms with van der Waals surface area (Å²) in [6.07, 6.45) is 1.71. The van der Waals surface area contributed by atoms with E-state index in [0.29, 0.717) is 28.7 Å². The molecular weight excluding hydrogens is 338 g/mol. The van der Waals surface area contributed by atoms with Gasteiger partial charge in [0.2, 0.25) is 0 Å². The van der Waals surface area contributed by atoms with Gasteiger partial charge < -0.3 is 16.8 Å². The Balaban J connectivity index is 2.50. The number of hydrogen-bond donors (Lipinski definition) is 3. The van der Waals surface area contributed by atoms with Crippen LogP contribution in [0.15, 0.2) is 53.7 Å². The van der Waals surface area contributed by atoms with E-state index < -0.39 is 11.6 Å². The van der Waals surface area contributed by atoms with E-state index in [0.717, 1.165) is 11.8 Å². The zero-order valence-electron chi connectivity index (χ0n) is 14.8. The zero-order valence-corrected chi connectivity index (χ0v) is 14.8. The maximum absolute atomic E-state index is 14.5. The van der Waals surface area contributed by atoms with Crippen LogP contribution in [0.4, 0.5) is 14.5 Å². The molecule has 0 unspecified atom stereocenters. The minimum absolute atomic E-state index is 0.110. The first-order valence-corrected chi connectivity index (χ1v) is 7.97. The van der Waals surface area contributed by atoms with Crippen molar-refractivity contribution in [3.05, 3.63) is 60.2 Å². The number of benzene rings is 1. The number of nitrogens with two attached hydrogens (primary N) is 2. The lowest BCUT2D eigenvalue weighted by Gasteiger charge is -2.11. The third kappa shape index (κ3) is 4.08. The van der Waals surface area contributed by atoms with E-state index in [1.54, 1.807) is 13.1 Å². The maximum atomic E-state index is 14.5. The van der Waals surface area contributed by atoms with Crippen molar-refractivity contribution in [1.82, 2.24) is 9.78 Å². The molecule has 0 bridgehead atoms. The molecule has 0 aliphatic heterocycles. The molecule has 1 aromatic carbocycles. The molecule has 1 heterocycles. The average Bonchev–Trinajstić information content (AvgIpc) is 2.89. The highest BCUT2D eigenvalue weighted by Gasteiger charge is 2.14. The van der Waals surface area contributed by atoms with Crippen LogP contribution in [0.2, 0.25) is 0 Å². The molecule has 0 saturated heterocycles. The molecule has 0 saturated carbocycles. The molecule has 8 heteroatoms. The lowest BCUT2D eigenvalue weighted by atomic mass is 10.1. The zero-order chi connectivity index (χ0) is 19.4. The van der Waals surface area contributed by atoms with Gasteiger partial charge in [-0.3, -0.25) is 4.68 Å². The van der Waals surface area contributed by atoms with Gasteiger partial charge in [-0.05, 0) is 24.6 Å². The lowest BCUT2D eigenvalue weighted by molar-refractivity contribution is 0.625. The summed E-state index contributed by atoms with van der Waals surface area (Å²) in [7, 11) is 1.69. The van der Waals surface area contributed by atoms with Crippen LogP contribution in [-0.2, 0) is 13.5 Å². The third-order valence-electron chi connectivity index (χ3n) is 3.67. The number of aliphatic imine (C=N–C) groups is 1. The van der Waals surface area contributed by atoms with Crippen LogP contribution in [0, 0.1) is 5.82 Å². The van der Waals surface area contributed by atoms with E-state index in [4.69, 9.17) is 11.5 Å². The second-order valence-electron chi connectivity index (χ2n) is 5.73. The highest BCUT2D eigenvalue weighted by atomic mass is 19.1. The number of fused-ring (bicyclic) bond motifs is 1. The van der Waals surface area contributed by atoms with E-state index in [2.05, 4.69) is 28.6 Å². The molecule has 2 aromatic rings. The lowest BCUT2D eigenvalue weighted by Crippen LogP contribution is -2.17. The van der Waals surface area contributed by atoms with Crippen LogP contribution < -0.4 is 16.8 Å². The molecule has 0 radical (unpaired) electrons. The van der Waals surface area contributed by atoms with Gasteiger partial charge in [0.05, 0.1) is 5.69 Å². The first kappa shape index (κ1) is 19.2. The molecule has 0 atom stereocenters. The second-order valence-corrected chi connectivity index (χ2v) is 5.73. The summed E-state index contributed by atoms with van der Waals surface area (Å²) in [5.74, 6) is -1.34. The quantitative estimate of drug-likeness (QED) is 0.419. The molecular formula is C18H22F2N6. The van der Waals surface area contributed by atoms with Gasteiger partial charge in [-0.1, -0.05) is 20.1 Å². The molecule has 0 fully saturated rings. The number of amidine groups is 1. The van der Waals surface area contributed by atoms with E-state index in [9.17, 15) is 8.78 Å². The van der Waals surface area contributed by atoms with Crippen molar-refractivity contribution in [3.8, 4) is 0 Å². The Morgan fingerprint density at radius 3 is 2.69 bits per heavy atom. The van der Waals surface area contributed by atoms with E-state index in [1.165, 1.54) is 10.7 Å². The summed E-state index contributed by atoms with van der Waals surface area (Å²) >= 11 is 0. The van der Waals surface area contributed by atoms with Gasteiger partial charge >= 0.3 is 0 Å². The summed E-state index contributed by atoms with van der Waals surface area (Å²) in [6, 6.07) is 3.06.